The molecule has 1 nitrogen and oxygen atoms in total. The summed E-state index contributed by atoms with van der Waals surface area (Å²) in [4.78, 5) is 3.13. The van der Waals surface area contributed by atoms with Crippen LogP contribution in [0.5, 0.6) is 0 Å². The zero-order valence-corrected chi connectivity index (χ0v) is 21.2. The van der Waals surface area contributed by atoms with Gasteiger partial charge in [-0.25, -0.2) is 0 Å². The van der Waals surface area contributed by atoms with Crippen LogP contribution in [0.1, 0.15) is 90.9 Å². The van der Waals surface area contributed by atoms with Gasteiger partial charge in [0.1, 0.15) is 0 Å². The molecule has 0 saturated heterocycles. The average molecular weight is 492 g/mol. The van der Waals surface area contributed by atoms with Gasteiger partial charge in [-0.3, -0.25) is 0 Å². The van der Waals surface area contributed by atoms with Crippen molar-refractivity contribution in [3.8, 4) is 0 Å². The van der Waals surface area contributed by atoms with Crippen molar-refractivity contribution in [2.24, 2.45) is 5.73 Å². The largest absolute Gasteiger partial charge is 0.415 e. The Kier molecular flexibility index (Phi) is 20.8. The van der Waals surface area contributed by atoms with Crippen molar-refractivity contribution >= 4 is 33.1 Å². The van der Waals surface area contributed by atoms with Gasteiger partial charge in [0.2, 0.25) is 0 Å². The fourth-order valence-corrected chi connectivity index (χ4v) is 8.77. The molecule has 0 atom stereocenters. The van der Waals surface area contributed by atoms with Crippen molar-refractivity contribution in [1.29, 1.82) is 0 Å². The second-order valence-electron chi connectivity index (χ2n) is 7.07. The van der Waals surface area contributed by atoms with E-state index in [0.717, 1.165) is 0 Å². The van der Waals surface area contributed by atoms with Gasteiger partial charge in [-0.2, -0.15) is 0 Å². The van der Waals surface area contributed by atoms with Crippen LogP contribution in [0.4, 0.5) is 0 Å². The minimum atomic E-state index is -1.05. The normalized spacial score (nSPS) is 10.5. The summed E-state index contributed by atoms with van der Waals surface area (Å²) in [6.45, 7) is 4.61. The van der Waals surface area contributed by atoms with Crippen molar-refractivity contribution < 1.29 is 17.3 Å². The van der Waals surface area contributed by atoms with Crippen LogP contribution >= 0.6 is 12.2 Å². The van der Waals surface area contributed by atoms with Crippen LogP contribution in [-0.4, -0.2) is 4.32 Å². The Morgan fingerprint density at radius 3 is 1.56 bits per heavy atom. The maximum atomic E-state index is 4.66. The SMILES string of the molecule is CCCCCCC[CH2][Mo+]([CH2]CCCCCCC)[c]1ccccc1.NC(=S)[S-]. The zero-order chi connectivity index (χ0) is 20.2. The van der Waals surface area contributed by atoms with Crippen LogP contribution in [0, 0.1) is 0 Å². The van der Waals surface area contributed by atoms with Gasteiger partial charge in [-0.15, -0.1) is 0 Å². The molecule has 1 rings (SSSR count). The van der Waals surface area contributed by atoms with Crippen molar-refractivity contribution in [2.45, 2.75) is 101 Å². The molecular weight excluding hydrogens is 450 g/mol. The van der Waals surface area contributed by atoms with E-state index in [1.54, 1.807) is 13.6 Å². The Morgan fingerprint density at radius 1 is 0.778 bits per heavy atom. The second-order valence-corrected chi connectivity index (χ2v) is 13.8. The van der Waals surface area contributed by atoms with E-state index in [0.29, 0.717) is 0 Å². The van der Waals surface area contributed by atoms with E-state index in [-0.39, 0.29) is 4.32 Å². The summed E-state index contributed by atoms with van der Waals surface area (Å²) in [5, 5.41) is 0. The monoisotopic (exact) mass is 493 g/mol. The number of rotatable bonds is 15. The first-order valence-corrected chi connectivity index (χ1v) is 15.5. The van der Waals surface area contributed by atoms with Gasteiger partial charge in [0, 0.05) is 0 Å². The number of hydrogen-bond acceptors (Lipinski definition) is 2. The molecule has 156 valence electrons. The van der Waals surface area contributed by atoms with Crippen molar-refractivity contribution in [1.82, 2.24) is 0 Å². The third-order valence-electron chi connectivity index (χ3n) is 4.57. The molecule has 27 heavy (non-hydrogen) atoms. The molecule has 1 aromatic rings. The minimum Gasteiger partial charge on any atom is -0.415 e. The van der Waals surface area contributed by atoms with Gasteiger partial charge in [0.25, 0.3) is 0 Å². The number of unbranched alkanes of at least 4 members (excludes halogenated alkanes) is 10. The predicted octanol–water partition coefficient (Wildman–Crippen LogP) is 7.26. The molecule has 0 saturated carbocycles. The van der Waals surface area contributed by atoms with E-state index in [4.69, 9.17) is 0 Å². The second kappa shape index (κ2) is 20.7. The summed E-state index contributed by atoms with van der Waals surface area (Å²) in [6.07, 6.45) is 17.3. The molecule has 4 heteroatoms. The molecule has 0 spiro atoms. The van der Waals surface area contributed by atoms with Crippen molar-refractivity contribution in [3.05, 3.63) is 30.3 Å². The molecule has 0 amide bonds. The van der Waals surface area contributed by atoms with Crippen LogP contribution in [0.2, 0.25) is 9.62 Å². The molecule has 0 heterocycles. The number of thiocarbonyl (C=S) groups is 1. The van der Waals surface area contributed by atoms with Crippen molar-refractivity contribution in [2.75, 3.05) is 0 Å². The molecule has 2 N–H and O–H groups in total. The average Bonchev–Trinajstić information content (AvgIpc) is 2.66. The fraction of sp³-hybridized carbons (Fsp3) is 0.696. The first kappa shape index (κ1) is 27.0. The Balaban J connectivity index is 0.00000153. The Hall–Kier alpha value is 0.0183. The van der Waals surface area contributed by atoms with Crippen LogP contribution in [0.15, 0.2) is 30.3 Å². The quantitative estimate of drug-likeness (QED) is 0.121. The van der Waals surface area contributed by atoms with E-state index >= 15 is 0 Å². The van der Waals surface area contributed by atoms with Crippen LogP contribution in [0.25, 0.3) is 0 Å². The maximum Gasteiger partial charge on any atom is -0.0708 e. The molecule has 0 aliphatic carbocycles. The predicted molar refractivity (Wildman–Crippen MR) is 127 cm³/mol. The minimum absolute atomic E-state index is 0.0833. The third-order valence-corrected chi connectivity index (χ3v) is 10.7. The molecular formula is C23H41MoNS2. The summed E-state index contributed by atoms with van der Waals surface area (Å²) in [6, 6.07) is 11.5. The maximum absolute atomic E-state index is 4.66. The van der Waals surface area contributed by atoms with E-state index in [1.807, 2.05) is 0 Å². The molecule has 0 aliphatic rings. The van der Waals surface area contributed by atoms with Crippen LogP contribution in [-0.2, 0) is 29.9 Å². The van der Waals surface area contributed by atoms with Gasteiger partial charge in [0.15, 0.2) is 0 Å². The Morgan fingerprint density at radius 2 is 1.15 bits per heavy atom. The van der Waals surface area contributed by atoms with Gasteiger partial charge in [0.05, 0.1) is 0 Å². The Labute approximate surface area is 186 Å². The molecule has 1 aromatic carbocycles. The van der Waals surface area contributed by atoms with Crippen LogP contribution in [0.3, 0.4) is 0 Å². The number of benzene rings is 1. The molecule has 0 aliphatic heterocycles. The Bertz CT molecular complexity index is 419. The van der Waals surface area contributed by atoms with Crippen molar-refractivity contribution in [3.63, 3.8) is 0 Å². The van der Waals surface area contributed by atoms with Gasteiger partial charge in [-0.1, -0.05) is 4.32 Å². The molecule has 0 bridgehead atoms. The van der Waals surface area contributed by atoms with E-state index in [2.05, 4.69) is 74.8 Å². The third kappa shape index (κ3) is 19.1. The molecule has 0 fully saturated rings. The molecule has 0 unspecified atom stereocenters. The first-order chi connectivity index (χ1) is 13.1. The van der Waals surface area contributed by atoms with Gasteiger partial charge < -0.3 is 30.6 Å². The molecule has 0 radical (unpaired) electrons. The number of nitrogens with two attached hydrogens (primary N) is 1. The molecule has 0 aromatic heterocycles. The summed E-state index contributed by atoms with van der Waals surface area (Å²) in [7, 11) is 0. The topological polar surface area (TPSA) is 26.0 Å². The summed E-state index contributed by atoms with van der Waals surface area (Å²) in [5.41, 5.74) is 4.66. The summed E-state index contributed by atoms with van der Waals surface area (Å²) < 4.78 is 1.83. The zero-order valence-electron chi connectivity index (χ0n) is 17.6. The van der Waals surface area contributed by atoms with Gasteiger partial charge >= 0.3 is 152 Å². The van der Waals surface area contributed by atoms with E-state index < -0.39 is 17.3 Å². The standard InChI is InChI=1S/2C8H17.C6H5.CH3NS2.Mo/c2*1-3-5-7-8-6-4-2;1-2-4-6-5-3-1;2-1(3)4;/h2*1,3-8H2,2H3;1-5H;(H3,2,3,4);/q;;;;+1/p-1. The van der Waals surface area contributed by atoms with Crippen LogP contribution < -0.4 is 9.69 Å². The van der Waals surface area contributed by atoms with E-state index in [1.165, 1.54) is 77.0 Å². The van der Waals surface area contributed by atoms with E-state index in [9.17, 15) is 0 Å². The number of hydrogen-bond donors (Lipinski definition) is 1. The first-order valence-electron chi connectivity index (χ1n) is 10.8. The summed E-state index contributed by atoms with van der Waals surface area (Å²) >= 11 is 7.21. The van der Waals surface area contributed by atoms with Gasteiger partial charge in [-0.05, 0) is 0 Å². The smallest absolute Gasteiger partial charge is 0.0708 e. The fourth-order valence-electron chi connectivity index (χ4n) is 3.06. The summed E-state index contributed by atoms with van der Waals surface area (Å²) in [5.74, 6) is 0.